The van der Waals surface area contributed by atoms with Crippen molar-refractivity contribution >= 4 is 11.7 Å². The monoisotopic (exact) mass is 265 g/mol. The maximum Gasteiger partial charge on any atom is 0.234 e. The van der Waals surface area contributed by atoms with Gasteiger partial charge in [-0.1, -0.05) is 19.9 Å². The van der Waals surface area contributed by atoms with E-state index in [-0.39, 0.29) is 5.91 Å². The van der Waals surface area contributed by atoms with Gasteiger partial charge in [0.05, 0.1) is 12.2 Å². The number of likely N-dealkylation sites (N-methyl/N-ethyl adjacent to an activating group) is 1. The Morgan fingerprint density at radius 2 is 2.21 bits per heavy atom. The van der Waals surface area contributed by atoms with E-state index in [9.17, 15) is 4.79 Å². The van der Waals surface area contributed by atoms with E-state index in [0.29, 0.717) is 31.4 Å². The molecule has 6 heteroatoms. The second-order valence-corrected chi connectivity index (χ2v) is 5.03. The predicted molar refractivity (Wildman–Crippen MR) is 76.2 cm³/mol. The Labute approximate surface area is 114 Å². The van der Waals surface area contributed by atoms with Gasteiger partial charge in [0, 0.05) is 13.1 Å². The zero-order valence-corrected chi connectivity index (χ0v) is 11.8. The summed E-state index contributed by atoms with van der Waals surface area (Å²) in [5.74, 6) is 6.42. The van der Waals surface area contributed by atoms with Crippen LogP contribution in [0.25, 0.3) is 0 Å². The number of nitrogens with one attached hydrogen (secondary N) is 2. The number of rotatable bonds is 7. The van der Waals surface area contributed by atoms with Crippen LogP contribution >= 0.6 is 0 Å². The van der Waals surface area contributed by atoms with E-state index in [1.165, 1.54) is 0 Å². The summed E-state index contributed by atoms with van der Waals surface area (Å²) in [6.45, 7) is 5.80. The van der Waals surface area contributed by atoms with E-state index in [1.54, 1.807) is 6.07 Å². The van der Waals surface area contributed by atoms with Crippen LogP contribution in [0.3, 0.4) is 0 Å². The van der Waals surface area contributed by atoms with E-state index in [1.807, 2.05) is 24.1 Å². The highest BCUT2D eigenvalue weighted by atomic mass is 16.2. The van der Waals surface area contributed by atoms with Crippen LogP contribution in [-0.4, -0.2) is 35.9 Å². The van der Waals surface area contributed by atoms with Gasteiger partial charge in [0.25, 0.3) is 0 Å². The number of aromatic nitrogens is 1. The smallest absolute Gasteiger partial charge is 0.234 e. The third-order valence-corrected chi connectivity index (χ3v) is 2.51. The largest absolute Gasteiger partial charge is 0.355 e. The Morgan fingerprint density at radius 1 is 1.47 bits per heavy atom. The minimum atomic E-state index is 0.0318. The Bertz CT molecular complexity index is 408. The van der Waals surface area contributed by atoms with Crippen molar-refractivity contribution in [1.29, 1.82) is 0 Å². The number of anilines is 1. The third kappa shape index (κ3) is 6.17. The van der Waals surface area contributed by atoms with Gasteiger partial charge in [0.2, 0.25) is 5.91 Å². The molecule has 0 fully saturated rings. The number of pyridine rings is 1. The van der Waals surface area contributed by atoms with Crippen molar-refractivity contribution in [2.45, 2.75) is 20.4 Å². The van der Waals surface area contributed by atoms with Crippen molar-refractivity contribution in [3.8, 4) is 0 Å². The molecule has 0 spiro atoms. The topological polar surface area (TPSA) is 83.3 Å². The Kier molecular flexibility index (Phi) is 6.24. The molecule has 0 aliphatic heterocycles. The van der Waals surface area contributed by atoms with Crippen LogP contribution in [0.2, 0.25) is 0 Å². The number of carbonyl (C=O) groups is 1. The molecule has 6 nitrogen and oxygen atoms in total. The van der Waals surface area contributed by atoms with Crippen molar-refractivity contribution in [3.05, 3.63) is 23.9 Å². The molecule has 0 atom stereocenters. The lowest BCUT2D eigenvalue weighted by Crippen LogP contribution is -2.36. The number of nitrogen functional groups attached to an aromatic ring is 1. The summed E-state index contributed by atoms with van der Waals surface area (Å²) in [5, 5.41) is 2.89. The van der Waals surface area contributed by atoms with Gasteiger partial charge in [-0.15, -0.1) is 0 Å². The zero-order chi connectivity index (χ0) is 14.3. The predicted octanol–water partition coefficient (Wildman–Crippen LogP) is 0.571. The number of nitrogens with zero attached hydrogens (tertiary/aromatic N) is 2. The zero-order valence-electron chi connectivity index (χ0n) is 11.8. The summed E-state index contributed by atoms with van der Waals surface area (Å²) in [7, 11) is 1.89. The average Bonchev–Trinajstić information content (AvgIpc) is 2.36. The van der Waals surface area contributed by atoms with E-state index >= 15 is 0 Å². The van der Waals surface area contributed by atoms with Crippen molar-refractivity contribution in [2.75, 3.05) is 25.6 Å². The van der Waals surface area contributed by atoms with Crippen LogP contribution in [0.4, 0.5) is 5.82 Å². The molecule has 19 heavy (non-hydrogen) atoms. The van der Waals surface area contributed by atoms with Gasteiger partial charge in [0.15, 0.2) is 0 Å². The molecule has 0 bridgehead atoms. The normalized spacial score (nSPS) is 10.8. The first kappa shape index (κ1) is 15.4. The highest BCUT2D eigenvalue weighted by Gasteiger charge is 2.08. The number of hydrazine groups is 1. The summed E-state index contributed by atoms with van der Waals surface area (Å²) in [6.07, 6.45) is 0. The van der Waals surface area contributed by atoms with Gasteiger partial charge in [-0.2, -0.15) is 0 Å². The van der Waals surface area contributed by atoms with Gasteiger partial charge in [-0.05, 0) is 25.1 Å². The first-order chi connectivity index (χ1) is 9.01. The van der Waals surface area contributed by atoms with Crippen LogP contribution in [0.1, 0.15) is 19.5 Å². The Balaban J connectivity index is 2.41. The van der Waals surface area contributed by atoms with Crippen molar-refractivity contribution in [3.63, 3.8) is 0 Å². The van der Waals surface area contributed by atoms with Crippen molar-refractivity contribution in [2.24, 2.45) is 11.8 Å². The maximum absolute atomic E-state index is 11.7. The van der Waals surface area contributed by atoms with Gasteiger partial charge >= 0.3 is 0 Å². The molecule has 106 valence electrons. The van der Waals surface area contributed by atoms with Gasteiger partial charge in [-0.25, -0.2) is 10.8 Å². The Morgan fingerprint density at radius 3 is 2.84 bits per heavy atom. The SMILES string of the molecule is CC(C)CNC(=O)CN(C)Cc1cccc(NN)n1. The first-order valence-corrected chi connectivity index (χ1v) is 6.39. The Hall–Kier alpha value is -1.66. The molecule has 0 saturated carbocycles. The number of hydrogen-bond acceptors (Lipinski definition) is 5. The fourth-order valence-corrected chi connectivity index (χ4v) is 1.60. The number of carbonyl (C=O) groups excluding carboxylic acids is 1. The minimum Gasteiger partial charge on any atom is -0.355 e. The molecule has 0 unspecified atom stereocenters. The summed E-state index contributed by atoms with van der Waals surface area (Å²) >= 11 is 0. The van der Waals surface area contributed by atoms with Gasteiger partial charge < -0.3 is 10.7 Å². The fourth-order valence-electron chi connectivity index (χ4n) is 1.60. The van der Waals surface area contributed by atoms with Crippen LogP contribution in [-0.2, 0) is 11.3 Å². The number of nitrogens with two attached hydrogens (primary N) is 1. The molecule has 0 aromatic carbocycles. The first-order valence-electron chi connectivity index (χ1n) is 6.39. The third-order valence-electron chi connectivity index (χ3n) is 2.51. The molecule has 1 aromatic rings. The quantitative estimate of drug-likeness (QED) is 0.496. The summed E-state index contributed by atoms with van der Waals surface area (Å²) in [5.41, 5.74) is 3.38. The van der Waals surface area contributed by atoms with Crippen LogP contribution in [0.5, 0.6) is 0 Å². The average molecular weight is 265 g/mol. The molecule has 4 N–H and O–H groups in total. The van der Waals surface area contributed by atoms with E-state index < -0.39 is 0 Å². The minimum absolute atomic E-state index is 0.0318. The molecule has 0 aliphatic carbocycles. The van der Waals surface area contributed by atoms with E-state index in [4.69, 9.17) is 5.84 Å². The summed E-state index contributed by atoms with van der Waals surface area (Å²) < 4.78 is 0. The number of hydrogen-bond donors (Lipinski definition) is 3. The van der Waals surface area contributed by atoms with Gasteiger partial charge in [0.1, 0.15) is 5.82 Å². The van der Waals surface area contributed by atoms with E-state index in [2.05, 4.69) is 29.6 Å². The van der Waals surface area contributed by atoms with Crippen molar-refractivity contribution < 1.29 is 4.79 Å². The highest BCUT2D eigenvalue weighted by Crippen LogP contribution is 2.05. The lowest BCUT2D eigenvalue weighted by Gasteiger charge is -2.16. The second-order valence-electron chi connectivity index (χ2n) is 5.03. The molecule has 1 heterocycles. The van der Waals surface area contributed by atoms with Gasteiger partial charge in [-0.3, -0.25) is 9.69 Å². The molecule has 0 radical (unpaired) electrons. The lowest BCUT2D eigenvalue weighted by atomic mass is 10.2. The standard InChI is InChI=1S/C13H23N5O/c1-10(2)7-15-13(19)9-18(3)8-11-5-4-6-12(16-11)17-14/h4-6,10H,7-9,14H2,1-3H3,(H,15,19)(H,16,17). The maximum atomic E-state index is 11.7. The molecular formula is C13H23N5O. The van der Waals surface area contributed by atoms with Crippen LogP contribution < -0.4 is 16.6 Å². The molecular weight excluding hydrogens is 242 g/mol. The molecule has 1 amide bonds. The van der Waals surface area contributed by atoms with Crippen molar-refractivity contribution in [1.82, 2.24) is 15.2 Å². The second kappa shape index (κ2) is 7.70. The molecule has 0 aliphatic rings. The van der Waals surface area contributed by atoms with E-state index in [0.717, 1.165) is 5.69 Å². The summed E-state index contributed by atoms with van der Waals surface area (Å²) in [6, 6.07) is 5.58. The molecule has 1 aromatic heterocycles. The highest BCUT2D eigenvalue weighted by molar-refractivity contribution is 5.77. The van der Waals surface area contributed by atoms with Crippen LogP contribution in [0, 0.1) is 5.92 Å². The number of amides is 1. The van der Waals surface area contributed by atoms with Crippen LogP contribution in [0.15, 0.2) is 18.2 Å². The molecule has 1 rings (SSSR count). The lowest BCUT2D eigenvalue weighted by molar-refractivity contribution is -0.122. The fraction of sp³-hybridized carbons (Fsp3) is 0.538. The summed E-state index contributed by atoms with van der Waals surface area (Å²) in [4.78, 5) is 17.9. The molecule has 0 saturated heterocycles.